The lowest BCUT2D eigenvalue weighted by Gasteiger charge is -2.12. The summed E-state index contributed by atoms with van der Waals surface area (Å²) in [4.78, 5) is 11.8. The fourth-order valence-corrected chi connectivity index (χ4v) is 2.07. The Bertz CT molecular complexity index is 499. The second-order valence-electron chi connectivity index (χ2n) is 4.78. The number of hydrogen-bond acceptors (Lipinski definition) is 2. The Labute approximate surface area is 109 Å². The maximum absolute atomic E-state index is 12.7. The predicted octanol–water partition coefficient (Wildman–Crippen LogP) is 2.82. The van der Waals surface area contributed by atoms with Crippen LogP contribution in [0.2, 0.25) is 0 Å². The molecule has 0 heterocycles. The Balaban J connectivity index is 2.15. The van der Waals surface area contributed by atoms with E-state index in [0.717, 1.165) is 25.0 Å². The summed E-state index contributed by atoms with van der Waals surface area (Å²) in [5.74, 6) is -0.0359. The number of nitrogen functional groups attached to an aromatic ring is 1. The van der Waals surface area contributed by atoms with E-state index in [9.17, 15) is 18.0 Å². The molecule has 0 aliphatic heterocycles. The van der Waals surface area contributed by atoms with E-state index in [1.54, 1.807) is 0 Å². The van der Waals surface area contributed by atoms with E-state index < -0.39 is 17.6 Å². The molecule has 1 amide bonds. The molecule has 6 heteroatoms. The van der Waals surface area contributed by atoms with Gasteiger partial charge in [-0.15, -0.1) is 0 Å². The number of carbonyl (C=O) groups excluding carboxylic acids is 1. The molecule has 1 aliphatic carbocycles. The van der Waals surface area contributed by atoms with Crippen molar-refractivity contribution < 1.29 is 18.0 Å². The van der Waals surface area contributed by atoms with Gasteiger partial charge in [-0.3, -0.25) is 4.79 Å². The standard InChI is InChI=1S/C13H15F3N2O/c1-2-7-6-11(7)18-12(19)8-3-4-10(17)9(5-8)13(14,15)16/h3-5,7,11H,2,6,17H2,1H3,(H,18,19). The number of rotatable bonds is 3. The molecule has 3 nitrogen and oxygen atoms in total. The lowest BCUT2D eigenvalue weighted by Crippen LogP contribution is -2.27. The molecule has 0 radical (unpaired) electrons. The van der Waals surface area contributed by atoms with Crippen LogP contribution in [-0.2, 0) is 6.18 Å². The van der Waals surface area contributed by atoms with Gasteiger partial charge in [0, 0.05) is 17.3 Å². The lowest BCUT2D eigenvalue weighted by atomic mass is 10.1. The van der Waals surface area contributed by atoms with Gasteiger partial charge in [0.2, 0.25) is 0 Å². The predicted molar refractivity (Wildman–Crippen MR) is 65.5 cm³/mol. The third kappa shape index (κ3) is 3.00. The van der Waals surface area contributed by atoms with Crippen molar-refractivity contribution in [2.45, 2.75) is 32.0 Å². The van der Waals surface area contributed by atoms with Gasteiger partial charge in [0.15, 0.2) is 0 Å². The van der Waals surface area contributed by atoms with E-state index in [0.29, 0.717) is 5.92 Å². The lowest BCUT2D eigenvalue weighted by molar-refractivity contribution is -0.136. The molecule has 2 rings (SSSR count). The normalized spacial score (nSPS) is 22.1. The number of benzene rings is 1. The van der Waals surface area contributed by atoms with Crippen LogP contribution in [0.5, 0.6) is 0 Å². The van der Waals surface area contributed by atoms with Crippen molar-refractivity contribution in [3.05, 3.63) is 29.3 Å². The number of alkyl halides is 3. The summed E-state index contributed by atoms with van der Waals surface area (Å²) in [6.45, 7) is 2.02. The minimum atomic E-state index is -4.55. The van der Waals surface area contributed by atoms with Crippen LogP contribution in [0.4, 0.5) is 18.9 Å². The number of hydrogen-bond donors (Lipinski definition) is 2. The number of anilines is 1. The molecule has 1 aromatic carbocycles. The number of amides is 1. The molecule has 2 unspecified atom stereocenters. The Kier molecular flexibility index (Phi) is 3.43. The second kappa shape index (κ2) is 4.75. The number of carbonyl (C=O) groups is 1. The number of nitrogens with one attached hydrogen (secondary N) is 1. The largest absolute Gasteiger partial charge is 0.418 e. The van der Waals surface area contributed by atoms with Crippen molar-refractivity contribution in [3.8, 4) is 0 Å². The summed E-state index contributed by atoms with van der Waals surface area (Å²) in [5.41, 5.74) is 3.93. The molecule has 1 saturated carbocycles. The Morgan fingerprint density at radius 1 is 1.47 bits per heavy atom. The quantitative estimate of drug-likeness (QED) is 0.831. The maximum Gasteiger partial charge on any atom is 0.418 e. The molecule has 3 N–H and O–H groups in total. The van der Waals surface area contributed by atoms with E-state index in [-0.39, 0.29) is 17.3 Å². The number of halogens is 3. The van der Waals surface area contributed by atoms with Crippen molar-refractivity contribution in [3.63, 3.8) is 0 Å². The summed E-state index contributed by atoms with van der Waals surface area (Å²) in [5, 5.41) is 2.72. The highest BCUT2D eigenvalue weighted by molar-refractivity contribution is 5.95. The van der Waals surface area contributed by atoms with Crippen LogP contribution in [0.15, 0.2) is 18.2 Å². The van der Waals surface area contributed by atoms with Crippen molar-refractivity contribution in [2.24, 2.45) is 5.92 Å². The third-order valence-electron chi connectivity index (χ3n) is 3.38. The minimum absolute atomic E-state index is 0.0109. The van der Waals surface area contributed by atoms with Gasteiger partial charge in [0.25, 0.3) is 5.91 Å². The molecule has 0 saturated heterocycles. The van der Waals surface area contributed by atoms with Crippen LogP contribution in [0.1, 0.15) is 35.7 Å². The van der Waals surface area contributed by atoms with E-state index in [2.05, 4.69) is 5.32 Å². The first-order valence-electron chi connectivity index (χ1n) is 6.10. The van der Waals surface area contributed by atoms with Gasteiger partial charge in [0.1, 0.15) is 0 Å². The zero-order valence-corrected chi connectivity index (χ0v) is 10.4. The fourth-order valence-electron chi connectivity index (χ4n) is 2.07. The second-order valence-corrected chi connectivity index (χ2v) is 4.78. The highest BCUT2D eigenvalue weighted by Gasteiger charge is 2.37. The average Bonchev–Trinajstić information content (AvgIpc) is 3.06. The Hall–Kier alpha value is -1.72. The van der Waals surface area contributed by atoms with Gasteiger partial charge in [-0.2, -0.15) is 13.2 Å². The van der Waals surface area contributed by atoms with Crippen LogP contribution in [0, 0.1) is 5.92 Å². The highest BCUT2D eigenvalue weighted by Crippen LogP contribution is 2.35. The molecular weight excluding hydrogens is 257 g/mol. The van der Waals surface area contributed by atoms with Crippen LogP contribution >= 0.6 is 0 Å². The molecular formula is C13H15F3N2O. The highest BCUT2D eigenvalue weighted by atomic mass is 19.4. The van der Waals surface area contributed by atoms with Gasteiger partial charge in [-0.25, -0.2) is 0 Å². The van der Waals surface area contributed by atoms with Gasteiger partial charge < -0.3 is 11.1 Å². The first-order valence-corrected chi connectivity index (χ1v) is 6.10. The van der Waals surface area contributed by atoms with Crippen molar-refractivity contribution in [1.82, 2.24) is 5.32 Å². The summed E-state index contributed by atoms with van der Waals surface area (Å²) >= 11 is 0. The molecule has 1 aromatic rings. The topological polar surface area (TPSA) is 55.1 Å². The molecule has 19 heavy (non-hydrogen) atoms. The number of nitrogens with two attached hydrogens (primary N) is 1. The minimum Gasteiger partial charge on any atom is -0.398 e. The third-order valence-corrected chi connectivity index (χ3v) is 3.38. The van der Waals surface area contributed by atoms with Crippen molar-refractivity contribution >= 4 is 11.6 Å². The zero-order valence-electron chi connectivity index (χ0n) is 10.4. The van der Waals surface area contributed by atoms with Crippen molar-refractivity contribution in [1.29, 1.82) is 0 Å². The van der Waals surface area contributed by atoms with E-state index in [1.807, 2.05) is 6.92 Å². The smallest absolute Gasteiger partial charge is 0.398 e. The molecule has 0 aromatic heterocycles. The van der Waals surface area contributed by atoms with E-state index in [4.69, 9.17) is 5.73 Å². The van der Waals surface area contributed by atoms with Gasteiger partial charge in [-0.05, 0) is 30.5 Å². The molecule has 104 valence electrons. The van der Waals surface area contributed by atoms with E-state index >= 15 is 0 Å². The van der Waals surface area contributed by atoms with Crippen molar-refractivity contribution in [2.75, 3.05) is 5.73 Å². The van der Waals surface area contributed by atoms with Gasteiger partial charge in [0.05, 0.1) is 5.56 Å². The van der Waals surface area contributed by atoms with Gasteiger partial charge in [-0.1, -0.05) is 13.3 Å². The van der Waals surface area contributed by atoms with Crippen LogP contribution in [0.25, 0.3) is 0 Å². The monoisotopic (exact) mass is 272 g/mol. The van der Waals surface area contributed by atoms with Crippen LogP contribution < -0.4 is 11.1 Å². The summed E-state index contributed by atoms with van der Waals surface area (Å²) in [7, 11) is 0. The fraction of sp³-hybridized carbons (Fsp3) is 0.462. The SMILES string of the molecule is CCC1CC1NC(=O)c1ccc(N)c(C(F)(F)F)c1. The molecule has 2 atom stereocenters. The summed E-state index contributed by atoms with van der Waals surface area (Å²) in [6, 6.07) is 3.31. The Morgan fingerprint density at radius 2 is 2.16 bits per heavy atom. The van der Waals surface area contributed by atoms with E-state index in [1.165, 1.54) is 6.07 Å². The summed E-state index contributed by atoms with van der Waals surface area (Å²) in [6.07, 6.45) is -2.70. The molecule has 1 fully saturated rings. The van der Waals surface area contributed by atoms with Gasteiger partial charge >= 0.3 is 6.18 Å². The molecule has 0 bridgehead atoms. The molecule has 0 spiro atoms. The summed E-state index contributed by atoms with van der Waals surface area (Å²) < 4.78 is 38.0. The first kappa shape index (κ1) is 13.7. The Morgan fingerprint density at radius 3 is 2.68 bits per heavy atom. The van der Waals surface area contributed by atoms with Crippen LogP contribution in [0.3, 0.4) is 0 Å². The average molecular weight is 272 g/mol. The van der Waals surface area contributed by atoms with Crippen LogP contribution in [-0.4, -0.2) is 11.9 Å². The molecule has 1 aliphatic rings. The first-order chi connectivity index (χ1) is 8.82. The zero-order chi connectivity index (χ0) is 14.2. The maximum atomic E-state index is 12.7.